The van der Waals surface area contributed by atoms with Crippen LogP contribution in [0.1, 0.15) is 31.2 Å². The fourth-order valence-corrected chi connectivity index (χ4v) is 3.27. The van der Waals surface area contributed by atoms with E-state index >= 15 is 0 Å². The molecule has 1 saturated heterocycles. The minimum atomic E-state index is 0.110. The van der Waals surface area contributed by atoms with Gasteiger partial charge in [-0.15, -0.1) is 0 Å². The number of piperidine rings is 1. The van der Waals surface area contributed by atoms with Gasteiger partial charge in [0.25, 0.3) is 0 Å². The summed E-state index contributed by atoms with van der Waals surface area (Å²) in [4.78, 5) is 14.1. The van der Waals surface area contributed by atoms with Gasteiger partial charge in [0.2, 0.25) is 5.91 Å². The summed E-state index contributed by atoms with van der Waals surface area (Å²) in [6, 6.07) is 5.17. The summed E-state index contributed by atoms with van der Waals surface area (Å²) in [5.74, 6) is 1.01. The molecule has 24 heavy (non-hydrogen) atoms. The van der Waals surface area contributed by atoms with E-state index < -0.39 is 0 Å². The van der Waals surface area contributed by atoms with Crippen molar-refractivity contribution in [1.29, 1.82) is 0 Å². The lowest BCUT2D eigenvalue weighted by molar-refractivity contribution is -0.121. The first-order valence-corrected chi connectivity index (χ1v) is 8.91. The average molecular weight is 355 g/mol. The van der Waals surface area contributed by atoms with Gasteiger partial charge in [0.1, 0.15) is 5.75 Å². The number of ether oxygens (including phenoxy) is 1. The first kappa shape index (κ1) is 19.0. The number of hydrogen-bond donors (Lipinski definition) is 2. The Balaban J connectivity index is 1.68. The number of carbonyl (C=O) groups is 1. The highest BCUT2D eigenvalue weighted by molar-refractivity contribution is 6.30. The molecule has 1 aromatic rings. The van der Waals surface area contributed by atoms with Gasteiger partial charge in [-0.3, -0.25) is 9.69 Å². The van der Waals surface area contributed by atoms with Gasteiger partial charge in [0.05, 0.1) is 6.61 Å². The van der Waals surface area contributed by atoms with Crippen LogP contribution in [0.25, 0.3) is 0 Å². The Kier molecular flexibility index (Phi) is 7.82. The van der Waals surface area contributed by atoms with E-state index in [-0.39, 0.29) is 5.91 Å². The Labute approximate surface area is 148 Å². The molecule has 0 radical (unpaired) electrons. The topological polar surface area (TPSA) is 61.8 Å². The number of phenolic OH excluding ortho intramolecular Hbond substituents is 1. The molecule has 5 nitrogen and oxygen atoms in total. The molecule has 6 heteroatoms. The minimum absolute atomic E-state index is 0.110. The van der Waals surface area contributed by atoms with E-state index in [9.17, 15) is 9.90 Å². The molecule has 1 aromatic carbocycles. The summed E-state index contributed by atoms with van der Waals surface area (Å²) >= 11 is 6.00. The van der Waals surface area contributed by atoms with Gasteiger partial charge >= 0.3 is 0 Å². The Morgan fingerprint density at radius 2 is 2.17 bits per heavy atom. The zero-order valence-corrected chi connectivity index (χ0v) is 15.0. The number of amides is 1. The monoisotopic (exact) mass is 354 g/mol. The molecule has 1 fully saturated rings. The van der Waals surface area contributed by atoms with Gasteiger partial charge in [-0.25, -0.2) is 0 Å². The largest absolute Gasteiger partial charge is 0.508 e. The van der Waals surface area contributed by atoms with Crippen molar-refractivity contribution in [2.24, 2.45) is 5.92 Å². The second kappa shape index (κ2) is 9.87. The molecule has 1 amide bonds. The van der Waals surface area contributed by atoms with E-state index in [1.54, 1.807) is 19.2 Å². The smallest absolute Gasteiger partial charge is 0.220 e. The molecule has 1 aliphatic heterocycles. The Hall–Kier alpha value is -1.30. The van der Waals surface area contributed by atoms with E-state index in [4.69, 9.17) is 16.3 Å². The summed E-state index contributed by atoms with van der Waals surface area (Å²) in [5, 5.41) is 13.4. The summed E-state index contributed by atoms with van der Waals surface area (Å²) in [5.41, 5.74) is 0.874. The zero-order chi connectivity index (χ0) is 17.4. The molecule has 1 heterocycles. The number of aromatic hydroxyl groups is 1. The number of nitrogens with zero attached hydrogens (tertiary/aromatic N) is 1. The molecule has 0 spiro atoms. The zero-order valence-electron chi connectivity index (χ0n) is 14.3. The van der Waals surface area contributed by atoms with Crippen LogP contribution in [0, 0.1) is 5.92 Å². The maximum Gasteiger partial charge on any atom is 0.220 e. The molecule has 0 saturated carbocycles. The summed E-state index contributed by atoms with van der Waals surface area (Å²) < 4.78 is 4.92. The Bertz CT molecular complexity index is 531. The third-order valence-corrected chi connectivity index (χ3v) is 4.79. The summed E-state index contributed by atoms with van der Waals surface area (Å²) in [6.07, 6.45) is 3.71. The van der Waals surface area contributed by atoms with Crippen molar-refractivity contribution in [3.8, 4) is 5.75 Å². The molecule has 0 bridgehead atoms. The fourth-order valence-electron chi connectivity index (χ4n) is 3.07. The number of hydrogen-bond acceptors (Lipinski definition) is 4. The van der Waals surface area contributed by atoms with Crippen molar-refractivity contribution < 1.29 is 14.6 Å². The SMILES string of the molecule is COCCNC(=O)CCC1CCN(Cc2cc(Cl)ccc2O)CC1. The van der Waals surface area contributed by atoms with E-state index in [2.05, 4.69) is 10.2 Å². The van der Waals surface area contributed by atoms with Crippen LogP contribution in [0.5, 0.6) is 5.75 Å². The standard InChI is InChI=1S/C18H27ClN2O3/c1-24-11-8-20-18(23)5-2-14-6-9-21(10-7-14)13-15-12-16(19)3-4-17(15)22/h3-4,12,14,22H,2,5-11,13H2,1H3,(H,20,23). The van der Waals surface area contributed by atoms with Crippen LogP contribution in [0.2, 0.25) is 5.02 Å². The van der Waals surface area contributed by atoms with Crippen molar-refractivity contribution in [3.05, 3.63) is 28.8 Å². The maximum atomic E-state index is 11.7. The van der Waals surface area contributed by atoms with Crippen LogP contribution >= 0.6 is 11.6 Å². The normalized spacial score (nSPS) is 16.2. The lowest BCUT2D eigenvalue weighted by atomic mass is 9.92. The average Bonchev–Trinajstić information content (AvgIpc) is 2.58. The number of phenols is 1. The number of likely N-dealkylation sites (tertiary alicyclic amines) is 1. The molecular formula is C18H27ClN2O3. The third-order valence-electron chi connectivity index (χ3n) is 4.55. The van der Waals surface area contributed by atoms with Crippen LogP contribution in [0.15, 0.2) is 18.2 Å². The molecule has 1 aliphatic rings. The van der Waals surface area contributed by atoms with Gasteiger partial charge in [-0.2, -0.15) is 0 Å². The second-order valence-corrected chi connectivity index (χ2v) is 6.81. The quantitative estimate of drug-likeness (QED) is 0.705. The van der Waals surface area contributed by atoms with Crippen LogP contribution in [0.3, 0.4) is 0 Å². The molecule has 134 valence electrons. The fraction of sp³-hybridized carbons (Fsp3) is 0.611. The van der Waals surface area contributed by atoms with Crippen molar-refractivity contribution in [2.45, 2.75) is 32.2 Å². The van der Waals surface area contributed by atoms with E-state index in [1.807, 2.05) is 6.07 Å². The van der Waals surface area contributed by atoms with Crippen molar-refractivity contribution in [1.82, 2.24) is 10.2 Å². The molecule has 0 aromatic heterocycles. The number of rotatable bonds is 8. The van der Waals surface area contributed by atoms with Crippen molar-refractivity contribution >= 4 is 17.5 Å². The minimum Gasteiger partial charge on any atom is -0.508 e. The van der Waals surface area contributed by atoms with E-state index in [0.29, 0.717) is 36.3 Å². The van der Waals surface area contributed by atoms with E-state index in [0.717, 1.165) is 44.5 Å². The second-order valence-electron chi connectivity index (χ2n) is 6.37. The molecular weight excluding hydrogens is 328 g/mol. The number of halogens is 1. The Morgan fingerprint density at radius 1 is 1.42 bits per heavy atom. The lowest BCUT2D eigenvalue weighted by Gasteiger charge is -2.32. The highest BCUT2D eigenvalue weighted by Gasteiger charge is 2.20. The first-order chi connectivity index (χ1) is 11.6. The number of methoxy groups -OCH3 is 1. The Morgan fingerprint density at radius 3 is 2.88 bits per heavy atom. The van der Waals surface area contributed by atoms with Crippen LogP contribution in [0.4, 0.5) is 0 Å². The molecule has 0 aliphatic carbocycles. The van der Waals surface area contributed by atoms with Gasteiger partial charge in [-0.1, -0.05) is 11.6 Å². The summed E-state index contributed by atoms with van der Waals surface area (Å²) in [6.45, 7) is 3.83. The van der Waals surface area contributed by atoms with Crippen LogP contribution < -0.4 is 5.32 Å². The summed E-state index contributed by atoms with van der Waals surface area (Å²) in [7, 11) is 1.63. The first-order valence-electron chi connectivity index (χ1n) is 8.54. The molecule has 0 atom stereocenters. The van der Waals surface area contributed by atoms with Crippen LogP contribution in [-0.2, 0) is 16.1 Å². The molecule has 2 rings (SSSR count). The van der Waals surface area contributed by atoms with Crippen molar-refractivity contribution in [3.63, 3.8) is 0 Å². The third kappa shape index (κ3) is 6.30. The van der Waals surface area contributed by atoms with E-state index in [1.165, 1.54) is 0 Å². The van der Waals surface area contributed by atoms with Crippen LogP contribution in [-0.4, -0.2) is 49.3 Å². The number of benzene rings is 1. The lowest BCUT2D eigenvalue weighted by Crippen LogP contribution is -2.34. The number of nitrogens with one attached hydrogen (secondary N) is 1. The van der Waals surface area contributed by atoms with Crippen molar-refractivity contribution in [2.75, 3.05) is 33.4 Å². The molecule has 0 unspecified atom stereocenters. The predicted octanol–water partition coefficient (Wildman–Crippen LogP) is 2.80. The maximum absolute atomic E-state index is 11.7. The predicted molar refractivity (Wildman–Crippen MR) is 95.2 cm³/mol. The van der Waals surface area contributed by atoms with Gasteiger partial charge in [0.15, 0.2) is 0 Å². The highest BCUT2D eigenvalue weighted by atomic mass is 35.5. The molecule has 2 N–H and O–H groups in total. The number of carbonyl (C=O) groups excluding carboxylic acids is 1. The van der Waals surface area contributed by atoms with Gasteiger partial charge < -0.3 is 15.2 Å². The highest BCUT2D eigenvalue weighted by Crippen LogP contribution is 2.27. The van der Waals surface area contributed by atoms with Gasteiger partial charge in [0, 0.05) is 37.2 Å². The van der Waals surface area contributed by atoms with Gasteiger partial charge in [-0.05, 0) is 56.5 Å².